The van der Waals surface area contributed by atoms with E-state index in [1.807, 2.05) is 24.3 Å². The van der Waals surface area contributed by atoms with Gasteiger partial charge in [0.25, 0.3) is 0 Å². The summed E-state index contributed by atoms with van der Waals surface area (Å²) >= 11 is 3.30. The number of hydrogen-bond acceptors (Lipinski definition) is 3. The lowest BCUT2D eigenvalue weighted by molar-refractivity contribution is 0.173. The van der Waals surface area contributed by atoms with Crippen molar-refractivity contribution in [1.29, 1.82) is 0 Å². The van der Waals surface area contributed by atoms with Crippen LogP contribution in [0, 0.1) is 0 Å². The molecule has 0 saturated heterocycles. The van der Waals surface area contributed by atoms with Gasteiger partial charge in [0.15, 0.2) is 0 Å². The Morgan fingerprint density at radius 2 is 2.31 bits per heavy atom. The molecule has 0 aliphatic rings. The van der Waals surface area contributed by atoms with Gasteiger partial charge in [-0.15, -0.1) is 0 Å². The number of hydrazine groups is 1. The molecule has 0 aliphatic heterocycles. The van der Waals surface area contributed by atoms with E-state index >= 15 is 0 Å². The van der Waals surface area contributed by atoms with E-state index in [1.165, 1.54) is 7.11 Å². The molecule has 1 aromatic rings. The Morgan fingerprint density at radius 1 is 1.54 bits per heavy atom. The molecule has 0 aromatic heterocycles. The number of amides is 1. The number of nitrogens with one attached hydrogen (secondary N) is 2. The summed E-state index contributed by atoms with van der Waals surface area (Å²) in [5, 5.41) is 0. The van der Waals surface area contributed by atoms with E-state index < -0.39 is 6.09 Å². The quantitative estimate of drug-likeness (QED) is 0.784. The van der Waals surface area contributed by atoms with Gasteiger partial charge in [-0.25, -0.2) is 10.2 Å². The zero-order chi connectivity index (χ0) is 9.68. The summed E-state index contributed by atoms with van der Waals surface area (Å²) in [7, 11) is 1.30. The third kappa shape index (κ3) is 3.33. The van der Waals surface area contributed by atoms with E-state index in [-0.39, 0.29) is 0 Å². The number of halogens is 1. The van der Waals surface area contributed by atoms with Gasteiger partial charge in [0.05, 0.1) is 12.8 Å². The molecular weight excluding hydrogens is 236 g/mol. The third-order valence-electron chi connectivity index (χ3n) is 1.32. The highest BCUT2D eigenvalue weighted by atomic mass is 79.9. The minimum absolute atomic E-state index is 0.528. The molecule has 70 valence electrons. The number of carbonyl (C=O) groups excluding carboxylic acids is 1. The number of carbonyl (C=O) groups is 1. The molecule has 0 saturated carbocycles. The average Bonchev–Trinajstić information content (AvgIpc) is 2.14. The van der Waals surface area contributed by atoms with Gasteiger partial charge < -0.3 is 4.74 Å². The summed E-state index contributed by atoms with van der Waals surface area (Å²) in [6.45, 7) is 0. The molecule has 1 amide bonds. The van der Waals surface area contributed by atoms with Crippen LogP contribution >= 0.6 is 15.9 Å². The van der Waals surface area contributed by atoms with Gasteiger partial charge in [-0.2, -0.15) is 0 Å². The van der Waals surface area contributed by atoms with Crippen molar-refractivity contribution in [2.45, 2.75) is 0 Å². The molecule has 0 heterocycles. The molecule has 0 aliphatic carbocycles. The lowest BCUT2D eigenvalue weighted by Gasteiger charge is -2.06. The van der Waals surface area contributed by atoms with Crippen molar-refractivity contribution in [3.63, 3.8) is 0 Å². The fourth-order valence-electron chi connectivity index (χ4n) is 0.740. The standard InChI is InChI=1S/C8H9BrN2O2/c1-13-8(12)11-10-7-4-2-3-6(9)5-7/h2-5,10H,1H3,(H,11,12). The topological polar surface area (TPSA) is 50.4 Å². The maximum Gasteiger partial charge on any atom is 0.425 e. The van der Waals surface area contributed by atoms with Crippen LogP contribution in [-0.4, -0.2) is 13.2 Å². The average molecular weight is 245 g/mol. The normalized spacial score (nSPS) is 9.08. The molecule has 0 radical (unpaired) electrons. The minimum atomic E-state index is -0.528. The van der Waals surface area contributed by atoms with Crippen molar-refractivity contribution < 1.29 is 9.53 Å². The first-order valence-corrected chi connectivity index (χ1v) is 4.37. The Hall–Kier alpha value is -1.23. The number of anilines is 1. The fraction of sp³-hybridized carbons (Fsp3) is 0.125. The second kappa shape index (κ2) is 4.71. The van der Waals surface area contributed by atoms with Gasteiger partial charge in [0.2, 0.25) is 0 Å². The van der Waals surface area contributed by atoms with Crippen molar-refractivity contribution >= 4 is 27.7 Å². The summed E-state index contributed by atoms with van der Waals surface area (Å²) in [4.78, 5) is 10.7. The predicted molar refractivity (Wildman–Crippen MR) is 53.3 cm³/mol. The Bertz CT molecular complexity index is 304. The lowest BCUT2D eigenvalue weighted by Crippen LogP contribution is -2.28. The van der Waals surface area contributed by atoms with Crippen LogP contribution in [0.1, 0.15) is 0 Å². The second-order valence-electron chi connectivity index (χ2n) is 2.25. The van der Waals surface area contributed by atoms with E-state index in [9.17, 15) is 4.79 Å². The number of benzene rings is 1. The smallest absolute Gasteiger partial charge is 0.425 e. The van der Waals surface area contributed by atoms with Gasteiger partial charge in [-0.05, 0) is 18.2 Å². The summed E-state index contributed by atoms with van der Waals surface area (Å²) in [5.41, 5.74) is 5.80. The van der Waals surface area contributed by atoms with Gasteiger partial charge >= 0.3 is 6.09 Å². The second-order valence-corrected chi connectivity index (χ2v) is 3.17. The van der Waals surface area contributed by atoms with E-state index in [1.54, 1.807) is 0 Å². The Labute approximate surface area is 84.4 Å². The van der Waals surface area contributed by atoms with Crippen molar-refractivity contribution in [2.24, 2.45) is 0 Å². The third-order valence-corrected chi connectivity index (χ3v) is 1.81. The van der Waals surface area contributed by atoms with Crippen LogP contribution < -0.4 is 10.9 Å². The van der Waals surface area contributed by atoms with Crippen LogP contribution in [0.15, 0.2) is 28.7 Å². The van der Waals surface area contributed by atoms with Crippen molar-refractivity contribution in [1.82, 2.24) is 5.43 Å². The molecule has 1 aromatic carbocycles. The minimum Gasteiger partial charge on any atom is -0.452 e. The molecule has 4 nitrogen and oxygen atoms in total. The maximum atomic E-state index is 10.7. The first-order chi connectivity index (χ1) is 6.22. The van der Waals surface area contributed by atoms with Crippen molar-refractivity contribution in [2.75, 3.05) is 12.5 Å². The molecule has 13 heavy (non-hydrogen) atoms. The zero-order valence-electron chi connectivity index (χ0n) is 7.00. The van der Waals surface area contributed by atoms with Gasteiger partial charge in [-0.1, -0.05) is 22.0 Å². The highest BCUT2D eigenvalue weighted by Gasteiger charge is 1.96. The van der Waals surface area contributed by atoms with Crippen LogP contribution in [0.3, 0.4) is 0 Å². The van der Waals surface area contributed by atoms with E-state index in [4.69, 9.17) is 0 Å². The summed E-state index contributed by atoms with van der Waals surface area (Å²) in [6, 6.07) is 7.39. The number of methoxy groups -OCH3 is 1. The molecular formula is C8H9BrN2O2. The van der Waals surface area contributed by atoms with Crippen LogP contribution in [0.4, 0.5) is 10.5 Å². The Balaban J connectivity index is 2.50. The Morgan fingerprint density at radius 3 is 2.92 bits per heavy atom. The van der Waals surface area contributed by atoms with Crippen molar-refractivity contribution in [3.05, 3.63) is 28.7 Å². The summed E-state index contributed by atoms with van der Waals surface area (Å²) < 4.78 is 5.31. The molecule has 0 spiro atoms. The molecule has 2 N–H and O–H groups in total. The van der Waals surface area contributed by atoms with Gasteiger partial charge in [0.1, 0.15) is 0 Å². The fourth-order valence-corrected chi connectivity index (χ4v) is 1.14. The summed E-state index contributed by atoms with van der Waals surface area (Å²) in [6.07, 6.45) is -0.528. The summed E-state index contributed by atoms with van der Waals surface area (Å²) in [5.74, 6) is 0. The first-order valence-electron chi connectivity index (χ1n) is 3.58. The molecule has 5 heteroatoms. The van der Waals surface area contributed by atoms with Crippen LogP contribution in [-0.2, 0) is 4.74 Å². The van der Waals surface area contributed by atoms with Gasteiger partial charge in [-0.3, -0.25) is 5.43 Å². The largest absolute Gasteiger partial charge is 0.452 e. The molecule has 1 rings (SSSR count). The highest BCUT2D eigenvalue weighted by molar-refractivity contribution is 9.10. The number of hydrogen-bond donors (Lipinski definition) is 2. The lowest BCUT2D eigenvalue weighted by atomic mass is 10.3. The highest BCUT2D eigenvalue weighted by Crippen LogP contribution is 2.14. The Kier molecular flexibility index (Phi) is 3.57. The van der Waals surface area contributed by atoms with Gasteiger partial charge in [0, 0.05) is 4.47 Å². The van der Waals surface area contributed by atoms with Crippen LogP contribution in [0.2, 0.25) is 0 Å². The maximum absolute atomic E-state index is 10.7. The van der Waals surface area contributed by atoms with E-state index in [0.717, 1.165) is 10.2 Å². The van der Waals surface area contributed by atoms with E-state index in [0.29, 0.717) is 0 Å². The molecule has 0 unspecified atom stereocenters. The monoisotopic (exact) mass is 244 g/mol. The van der Waals surface area contributed by atoms with Crippen LogP contribution in [0.25, 0.3) is 0 Å². The number of rotatable bonds is 2. The zero-order valence-corrected chi connectivity index (χ0v) is 8.59. The number of ether oxygens (including phenoxy) is 1. The molecule has 0 atom stereocenters. The van der Waals surface area contributed by atoms with Crippen LogP contribution in [0.5, 0.6) is 0 Å². The molecule has 0 fully saturated rings. The van der Waals surface area contributed by atoms with E-state index in [2.05, 4.69) is 31.5 Å². The first kappa shape index (κ1) is 9.85. The predicted octanol–water partition coefficient (Wildman–Crippen LogP) is 2.13. The SMILES string of the molecule is COC(=O)NNc1cccc(Br)c1. The van der Waals surface area contributed by atoms with Crippen molar-refractivity contribution in [3.8, 4) is 0 Å². The molecule has 0 bridgehead atoms.